The summed E-state index contributed by atoms with van der Waals surface area (Å²) in [6.07, 6.45) is 8.10. The number of amides is 1. The quantitative estimate of drug-likeness (QED) is 0.622. The summed E-state index contributed by atoms with van der Waals surface area (Å²) in [5.41, 5.74) is 0.543. The van der Waals surface area contributed by atoms with Crippen LogP contribution in [0.4, 0.5) is 11.6 Å². The Morgan fingerprint density at radius 1 is 1.17 bits per heavy atom. The molecule has 1 aromatic heterocycles. The Bertz CT molecular complexity index is 728. The Balaban J connectivity index is 1.66. The van der Waals surface area contributed by atoms with Crippen molar-refractivity contribution >= 4 is 23.3 Å². The summed E-state index contributed by atoms with van der Waals surface area (Å²) < 4.78 is 0. The van der Waals surface area contributed by atoms with Crippen LogP contribution >= 0.6 is 0 Å². The molecule has 2 saturated heterocycles. The molecule has 0 aliphatic carbocycles. The minimum Gasteiger partial charge on any atom is -0.373 e. The first-order valence-corrected chi connectivity index (χ1v) is 11.6. The Hall–Kier alpha value is -2.15. The molecule has 166 valence electrons. The van der Waals surface area contributed by atoms with E-state index in [2.05, 4.69) is 34.3 Å². The van der Waals surface area contributed by atoms with E-state index in [4.69, 9.17) is 10.4 Å². The molecule has 7 nitrogen and oxygen atoms in total. The largest absolute Gasteiger partial charge is 0.373 e. The fourth-order valence-electron chi connectivity index (χ4n) is 4.70. The highest BCUT2D eigenvalue weighted by atomic mass is 16.1. The van der Waals surface area contributed by atoms with Gasteiger partial charge in [0, 0.05) is 44.3 Å². The van der Waals surface area contributed by atoms with Gasteiger partial charge >= 0.3 is 0 Å². The van der Waals surface area contributed by atoms with Crippen LogP contribution in [-0.4, -0.2) is 66.8 Å². The summed E-state index contributed by atoms with van der Waals surface area (Å²) >= 11 is 0. The molecule has 2 fully saturated rings. The molecule has 3 rings (SSSR count). The summed E-state index contributed by atoms with van der Waals surface area (Å²) in [4.78, 5) is 22.3. The fraction of sp³-hybridized carbons (Fsp3) is 0.696. The molecule has 2 aliphatic heterocycles. The van der Waals surface area contributed by atoms with Gasteiger partial charge in [-0.15, -0.1) is 0 Å². The number of likely N-dealkylation sites (tertiary alicyclic amines) is 1. The van der Waals surface area contributed by atoms with Crippen LogP contribution in [0.3, 0.4) is 0 Å². The number of piperidine rings is 1. The standard InChI is InChI=1S/C23H38N6O/c1-4-28-15-12-18(16-17(28)2)26-23(30)21(24)19-10-11-20(27-22(19)25-3)29-13-8-6-5-7-9-14-29/h10-11,17-18,24H,4-9,12-16H2,1-3H3,(H,25,27)(H,26,30). The molecule has 1 amide bonds. The van der Waals surface area contributed by atoms with Crippen molar-refractivity contribution in [3.63, 3.8) is 0 Å². The van der Waals surface area contributed by atoms with Crippen molar-refractivity contribution < 1.29 is 4.79 Å². The molecular weight excluding hydrogens is 376 g/mol. The van der Waals surface area contributed by atoms with Gasteiger partial charge in [-0.1, -0.05) is 26.2 Å². The summed E-state index contributed by atoms with van der Waals surface area (Å²) in [7, 11) is 1.80. The molecule has 3 heterocycles. The maximum atomic E-state index is 12.8. The van der Waals surface area contributed by atoms with Crippen molar-refractivity contribution in [1.82, 2.24) is 15.2 Å². The summed E-state index contributed by atoms with van der Waals surface area (Å²) in [6.45, 7) is 8.44. The molecule has 30 heavy (non-hydrogen) atoms. The van der Waals surface area contributed by atoms with Gasteiger partial charge in [-0.25, -0.2) is 4.98 Å². The fourth-order valence-corrected chi connectivity index (χ4v) is 4.70. The maximum absolute atomic E-state index is 12.8. The number of nitrogens with one attached hydrogen (secondary N) is 3. The lowest BCUT2D eigenvalue weighted by molar-refractivity contribution is -0.115. The van der Waals surface area contributed by atoms with Crippen LogP contribution in [0.5, 0.6) is 0 Å². The van der Waals surface area contributed by atoms with Crippen LogP contribution in [0.1, 0.15) is 64.4 Å². The monoisotopic (exact) mass is 414 g/mol. The number of hydrogen-bond donors (Lipinski definition) is 3. The average Bonchev–Trinajstić information content (AvgIpc) is 2.72. The van der Waals surface area contributed by atoms with Gasteiger partial charge in [0.05, 0.1) is 0 Å². The third kappa shape index (κ3) is 5.50. The number of carbonyl (C=O) groups excluding carboxylic acids is 1. The van der Waals surface area contributed by atoms with E-state index in [0.717, 1.165) is 44.8 Å². The molecule has 0 saturated carbocycles. The van der Waals surface area contributed by atoms with Crippen molar-refractivity contribution in [2.24, 2.45) is 0 Å². The summed E-state index contributed by atoms with van der Waals surface area (Å²) in [5, 5.41) is 14.7. The average molecular weight is 415 g/mol. The van der Waals surface area contributed by atoms with Gasteiger partial charge in [0.1, 0.15) is 17.3 Å². The molecule has 2 aliphatic rings. The lowest BCUT2D eigenvalue weighted by Gasteiger charge is -2.37. The van der Waals surface area contributed by atoms with Crippen molar-refractivity contribution in [1.29, 1.82) is 5.41 Å². The lowest BCUT2D eigenvalue weighted by Crippen LogP contribution is -2.50. The van der Waals surface area contributed by atoms with Crippen molar-refractivity contribution in [2.45, 2.75) is 70.9 Å². The Morgan fingerprint density at radius 2 is 1.87 bits per heavy atom. The van der Waals surface area contributed by atoms with Crippen LogP contribution in [0.2, 0.25) is 0 Å². The number of hydrogen-bond acceptors (Lipinski definition) is 6. The van der Waals surface area contributed by atoms with Crippen LogP contribution in [0.15, 0.2) is 12.1 Å². The third-order valence-electron chi connectivity index (χ3n) is 6.55. The number of nitrogens with zero attached hydrogens (tertiary/aromatic N) is 3. The van der Waals surface area contributed by atoms with Crippen molar-refractivity contribution in [2.75, 3.05) is 43.4 Å². The van der Waals surface area contributed by atoms with Gasteiger partial charge in [-0.2, -0.15) is 0 Å². The number of anilines is 2. The van der Waals surface area contributed by atoms with E-state index >= 15 is 0 Å². The molecule has 7 heteroatoms. The minimum atomic E-state index is -0.311. The van der Waals surface area contributed by atoms with Crippen molar-refractivity contribution in [3.8, 4) is 0 Å². The van der Waals surface area contributed by atoms with Gasteiger partial charge < -0.3 is 20.4 Å². The predicted molar refractivity (Wildman–Crippen MR) is 124 cm³/mol. The van der Waals surface area contributed by atoms with E-state index in [-0.39, 0.29) is 17.7 Å². The number of pyridine rings is 1. The highest BCUT2D eigenvalue weighted by molar-refractivity contribution is 6.45. The number of rotatable bonds is 6. The molecule has 2 atom stereocenters. The normalized spacial score (nSPS) is 23.4. The van der Waals surface area contributed by atoms with E-state index in [1.54, 1.807) is 7.05 Å². The summed E-state index contributed by atoms with van der Waals surface area (Å²) in [6, 6.07) is 4.41. The molecule has 0 spiro atoms. The zero-order valence-electron chi connectivity index (χ0n) is 18.8. The third-order valence-corrected chi connectivity index (χ3v) is 6.55. The lowest BCUT2D eigenvalue weighted by atomic mass is 9.98. The number of aromatic nitrogens is 1. The van der Waals surface area contributed by atoms with Gasteiger partial charge in [0.15, 0.2) is 0 Å². The van der Waals surface area contributed by atoms with Crippen molar-refractivity contribution in [3.05, 3.63) is 17.7 Å². The predicted octanol–water partition coefficient (Wildman–Crippen LogP) is 3.25. The molecule has 0 aromatic carbocycles. The maximum Gasteiger partial charge on any atom is 0.270 e. The summed E-state index contributed by atoms with van der Waals surface area (Å²) in [5.74, 6) is 1.22. The zero-order valence-corrected chi connectivity index (χ0v) is 18.8. The first-order chi connectivity index (χ1) is 14.5. The Morgan fingerprint density at radius 3 is 2.50 bits per heavy atom. The molecule has 0 bridgehead atoms. The molecular formula is C23H38N6O. The second-order valence-electron chi connectivity index (χ2n) is 8.62. The Labute approximate surface area is 181 Å². The van der Waals surface area contributed by atoms with E-state index < -0.39 is 0 Å². The van der Waals surface area contributed by atoms with E-state index in [1.165, 1.54) is 32.1 Å². The highest BCUT2D eigenvalue weighted by Gasteiger charge is 2.27. The van der Waals surface area contributed by atoms with Crippen LogP contribution in [0, 0.1) is 5.41 Å². The molecule has 0 radical (unpaired) electrons. The van der Waals surface area contributed by atoms with Gasteiger partial charge in [-0.05, 0) is 51.3 Å². The van der Waals surface area contributed by atoms with Crippen LogP contribution < -0.4 is 15.5 Å². The highest BCUT2D eigenvalue weighted by Crippen LogP contribution is 2.23. The van der Waals surface area contributed by atoms with Gasteiger partial charge in [0.2, 0.25) is 0 Å². The first kappa shape index (κ1) is 22.5. The van der Waals surface area contributed by atoms with E-state index in [0.29, 0.717) is 17.4 Å². The van der Waals surface area contributed by atoms with Crippen LogP contribution in [0.25, 0.3) is 0 Å². The van der Waals surface area contributed by atoms with E-state index in [1.807, 2.05) is 12.1 Å². The first-order valence-electron chi connectivity index (χ1n) is 11.6. The SMILES string of the molecule is CCN1CCC(NC(=O)C(=N)c2ccc(N3CCCCCCC3)nc2NC)CC1C. The van der Waals surface area contributed by atoms with Crippen LogP contribution in [-0.2, 0) is 4.79 Å². The molecule has 1 aromatic rings. The van der Waals surface area contributed by atoms with Gasteiger partial charge in [-0.3, -0.25) is 10.2 Å². The molecule has 2 unspecified atom stereocenters. The number of carbonyl (C=O) groups is 1. The zero-order chi connectivity index (χ0) is 21.5. The Kier molecular flexibility index (Phi) is 8.08. The van der Waals surface area contributed by atoms with Gasteiger partial charge in [0.25, 0.3) is 5.91 Å². The minimum absolute atomic E-state index is 0.0170. The second-order valence-corrected chi connectivity index (χ2v) is 8.62. The second kappa shape index (κ2) is 10.8. The van der Waals surface area contributed by atoms with E-state index in [9.17, 15) is 4.79 Å². The topological polar surface area (TPSA) is 84.4 Å². The molecule has 3 N–H and O–H groups in total. The smallest absolute Gasteiger partial charge is 0.270 e.